The van der Waals surface area contributed by atoms with Gasteiger partial charge >= 0.3 is 5.97 Å². The van der Waals surface area contributed by atoms with Gasteiger partial charge in [0.25, 0.3) is 0 Å². The van der Waals surface area contributed by atoms with Gasteiger partial charge in [0.2, 0.25) is 0 Å². The first-order valence-electron chi connectivity index (χ1n) is 5.88. The Bertz CT molecular complexity index is 481. The summed E-state index contributed by atoms with van der Waals surface area (Å²) in [5.74, 6) is -0.823. The summed E-state index contributed by atoms with van der Waals surface area (Å²) < 4.78 is 0. The van der Waals surface area contributed by atoms with Crippen LogP contribution in [0.1, 0.15) is 11.1 Å². The number of carboxylic acid groups (broad SMARTS) is 1. The fourth-order valence-corrected chi connectivity index (χ4v) is 2.17. The molecule has 0 unspecified atom stereocenters. The minimum absolute atomic E-state index is 0.448. The van der Waals surface area contributed by atoms with E-state index in [0.717, 1.165) is 12.1 Å². The van der Waals surface area contributed by atoms with E-state index >= 15 is 0 Å². The van der Waals surface area contributed by atoms with Crippen LogP contribution in [0.4, 0.5) is 0 Å². The summed E-state index contributed by atoms with van der Waals surface area (Å²) in [6.45, 7) is 2.40. The fourth-order valence-electron chi connectivity index (χ4n) is 2.17. The molecular formula is C13H15N3O2. The Morgan fingerprint density at radius 3 is 3.06 bits per heavy atom. The van der Waals surface area contributed by atoms with Gasteiger partial charge in [0.05, 0.1) is 11.6 Å². The zero-order valence-electron chi connectivity index (χ0n) is 9.97. The molecule has 94 valence electrons. The van der Waals surface area contributed by atoms with Gasteiger partial charge in [0.1, 0.15) is 6.04 Å². The van der Waals surface area contributed by atoms with Crippen LogP contribution in [0, 0.1) is 11.3 Å². The van der Waals surface area contributed by atoms with Crippen LogP contribution in [-0.2, 0) is 11.3 Å². The summed E-state index contributed by atoms with van der Waals surface area (Å²) in [6.07, 6.45) is 0. The molecular weight excluding hydrogens is 230 g/mol. The molecule has 1 saturated heterocycles. The number of nitrogens with one attached hydrogen (secondary N) is 1. The van der Waals surface area contributed by atoms with Crippen LogP contribution in [0.3, 0.4) is 0 Å². The van der Waals surface area contributed by atoms with Crippen molar-refractivity contribution in [3.63, 3.8) is 0 Å². The molecule has 0 aliphatic carbocycles. The Kier molecular flexibility index (Phi) is 3.92. The standard InChI is InChI=1S/C13H15N3O2/c14-7-10-3-1-2-4-11(10)9-16-6-5-15-8-12(16)13(17)18/h1-4,12,15H,5-6,8-9H2,(H,17,18)/t12-/m0/s1. The van der Waals surface area contributed by atoms with Crippen molar-refractivity contribution in [3.8, 4) is 6.07 Å². The number of piperazine rings is 1. The molecule has 1 aliphatic rings. The highest BCUT2D eigenvalue weighted by atomic mass is 16.4. The molecule has 2 N–H and O–H groups in total. The smallest absolute Gasteiger partial charge is 0.322 e. The Labute approximate surface area is 106 Å². The minimum Gasteiger partial charge on any atom is -0.480 e. The van der Waals surface area contributed by atoms with E-state index < -0.39 is 12.0 Å². The first-order valence-corrected chi connectivity index (χ1v) is 5.88. The molecule has 0 aromatic heterocycles. The number of carboxylic acids is 1. The number of nitrogens with zero attached hydrogens (tertiary/aromatic N) is 2. The number of aliphatic carboxylic acids is 1. The average molecular weight is 245 g/mol. The van der Waals surface area contributed by atoms with Gasteiger partial charge in [0.15, 0.2) is 0 Å². The molecule has 5 heteroatoms. The van der Waals surface area contributed by atoms with Crippen LogP contribution in [0.25, 0.3) is 0 Å². The highest BCUT2D eigenvalue weighted by Crippen LogP contribution is 2.14. The molecule has 1 atom stereocenters. The summed E-state index contributed by atoms with van der Waals surface area (Å²) in [5.41, 5.74) is 1.49. The van der Waals surface area contributed by atoms with Gasteiger partial charge in [-0.05, 0) is 11.6 Å². The number of hydrogen-bond acceptors (Lipinski definition) is 4. The van der Waals surface area contributed by atoms with Crippen molar-refractivity contribution in [2.75, 3.05) is 19.6 Å². The van der Waals surface area contributed by atoms with Crippen molar-refractivity contribution >= 4 is 5.97 Å². The number of carbonyl (C=O) groups is 1. The third-order valence-electron chi connectivity index (χ3n) is 3.15. The fraction of sp³-hybridized carbons (Fsp3) is 0.385. The summed E-state index contributed by atoms with van der Waals surface area (Å²) >= 11 is 0. The van der Waals surface area contributed by atoms with Gasteiger partial charge in [0, 0.05) is 26.2 Å². The lowest BCUT2D eigenvalue weighted by Crippen LogP contribution is -2.54. The minimum atomic E-state index is -0.823. The highest BCUT2D eigenvalue weighted by Gasteiger charge is 2.28. The maximum absolute atomic E-state index is 11.2. The van der Waals surface area contributed by atoms with Crippen molar-refractivity contribution < 1.29 is 9.90 Å². The topological polar surface area (TPSA) is 76.4 Å². The Morgan fingerprint density at radius 2 is 2.33 bits per heavy atom. The predicted molar refractivity (Wildman–Crippen MR) is 65.9 cm³/mol. The van der Waals surface area contributed by atoms with Gasteiger partial charge in [-0.2, -0.15) is 5.26 Å². The molecule has 0 bridgehead atoms. The largest absolute Gasteiger partial charge is 0.480 e. The lowest BCUT2D eigenvalue weighted by Gasteiger charge is -2.33. The molecule has 0 amide bonds. The van der Waals surface area contributed by atoms with E-state index in [0.29, 0.717) is 25.2 Å². The van der Waals surface area contributed by atoms with E-state index in [1.807, 2.05) is 23.1 Å². The highest BCUT2D eigenvalue weighted by molar-refractivity contribution is 5.74. The van der Waals surface area contributed by atoms with Crippen LogP contribution >= 0.6 is 0 Å². The second-order valence-corrected chi connectivity index (χ2v) is 4.30. The van der Waals surface area contributed by atoms with Crippen molar-refractivity contribution in [2.45, 2.75) is 12.6 Å². The summed E-state index contributed by atoms with van der Waals surface area (Å²) in [6, 6.07) is 8.93. The maximum Gasteiger partial charge on any atom is 0.322 e. The second-order valence-electron chi connectivity index (χ2n) is 4.30. The summed E-state index contributed by atoms with van der Waals surface area (Å²) in [5, 5.41) is 21.3. The lowest BCUT2D eigenvalue weighted by atomic mass is 10.1. The third-order valence-corrected chi connectivity index (χ3v) is 3.15. The molecule has 0 spiro atoms. The van der Waals surface area contributed by atoms with Crippen molar-refractivity contribution in [3.05, 3.63) is 35.4 Å². The molecule has 18 heavy (non-hydrogen) atoms. The molecule has 1 aliphatic heterocycles. The van der Waals surface area contributed by atoms with Crippen LogP contribution in [0.15, 0.2) is 24.3 Å². The third kappa shape index (κ3) is 2.67. The SMILES string of the molecule is N#Cc1ccccc1CN1CCNC[C@H]1C(=O)O. The molecule has 1 fully saturated rings. The van der Waals surface area contributed by atoms with E-state index in [2.05, 4.69) is 11.4 Å². The summed E-state index contributed by atoms with van der Waals surface area (Å²) in [4.78, 5) is 13.1. The Morgan fingerprint density at radius 1 is 1.56 bits per heavy atom. The van der Waals surface area contributed by atoms with E-state index in [-0.39, 0.29) is 0 Å². The predicted octanol–water partition coefficient (Wildman–Crippen LogP) is 0.417. The zero-order valence-corrected chi connectivity index (χ0v) is 9.97. The molecule has 1 aromatic carbocycles. The van der Waals surface area contributed by atoms with E-state index in [9.17, 15) is 4.79 Å². The maximum atomic E-state index is 11.2. The van der Waals surface area contributed by atoms with Gasteiger partial charge < -0.3 is 10.4 Å². The Hall–Kier alpha value is -1.90. The second kappa shape index (κ2) is 5.63. The quantitative estimate of drug-likeness (QED) is 0.807. The van der Waals surface area contributed by atoms with E-state index in [1.165, 1.54) is 0 Å². The number of hydrogen-bond donors (Lipinski definition) is 2. The molecule has 5 nitrogen and oxygen atoms in total. The molecule has 0 saturated carbocycles. The van der Waals surface area contributed by atoms with Gasteiger partial charge in [-0.3, -0.25) is 9.69 Å². The molecule has 2 rings (SSSR count). The Balaban J connectivity index is 2.16. The first-order chi connectivity index (χ1) is 8.72. The molecule has 1 aromatic rings. The van der Waals surface area contributed by atoms with Gasteiger partial charge in [-0.15, -0.1) is 0 Å². The van der Waals surface area contributed by atoms with Crippen molar-refractivity contribution in [1.29, 1.82) is 5.26 Å². The lowest BCUT2D eigenvalue weighted by molar-refractivity contribution is -0.144. The average Bonchev–Trinajstić information content (AvgIpc) is 2.40. The van der Waals surface area contributed by atoms with Crippen LogP contribution < -0.4 is 5.32 Å². The number of benzene rings is 1. The van der Waals surface area contributed by atoms with Gasteiger partial charge in [-0.1, -0.05) is 18.2 Å². The number of rotatable bonds is 3. The normalized spacial score (nSPS) is 20.3. The first kappa shape index (κ1) is 12.6. The zero-order chi connectivity index (χ0) is 13.0. The number of nitriles is 1. The molecule has 0 radical (unpaired) electrons. The monoisotopic (exact) mass is 245 g/mol. The van der Waals surface area contributed by atoms with E-state index in [1.54, 1.807) is 6.07 Å². The van der Waals surface area contributed by atoms with Crippen LogP contribution in [0.2, 0.25) is 0 Å². The van der Waals surface area contributed by atoms with Crippen LogP contribution in [0.5, 0.6) is 0 Å². The summed E-state index contributed by atoms with van der Waals surface area (Å²) in [7, 11) is 0. The van der Waals surface area contributed by atoms with Gasteiger partial charge in [-0.25, -0.2) is 0 Å². The molecule has 1 heterocycles. The van der Waals surface area contributed by atoms with Crippen molar-refractivity contribution in [1.82, 2.24) is 10.2 Å². The van der Waals surface area contributed by atoms with Crippen LogP contribution in [-0.4, -0.2) is 41.7 Å². The van der Waals surface area contributed by atoms with E-state index in [4.69, 9.17) is 10.4 Å². The van der Waals surface area contributed by atoms with Crippen molar-refractivity contribution in [2.24, 2.45) is 0 Å².